The fourth-order valence-electron chi connectivity index (χ4n) is 2.20. The highest BCUT2D eigenvalue weighted by molar-refractivity contribution is 7.09. The fourth-order valence-corrected chi connectivity index (χ4v) is 2.84. The maximum absolute atomic E-state index is 11.8. The van der Waals surface area contributed by atoms with Crippen molar-refractivity contribution in [1.29, 1.82) is 0 Å². The van der Waals surface area contributed by atoms with Gasteiger partial charge in [0.2, 0.25) is 5.91 Å². The largest absolute Gasteiger partial charge is 0.497 e. The Labute approximate surface area is 170 Å². The van der Waals surface area contributed by atoms with E-state index in [2.05, 4.69) is 21.7 Å². The number of carbonyl (C=O) groups excluding carboxylic acids is 1. The Hall–Kier alpha value is -2.58. The zero-order valence-electron chi connectivity index (χ0n) is 16.6. The van der Waals surface area contributed by atoms with E-state index in [1.54, 1.807) is 32.5 Å². The van der Waals surface area contributed by atoms with Gasteiger partial charge in [0.1, 0.15) is 12.3 Å². The minimum atomic E-state index is -0.0482. The van der Waals surface area contributed by atoms with Gasteiger partial charge < -0.3 is 25.0 Å². The zero-order valence-corrected chi connectivity index (χ0v) is 17.4. The van der Waals surface area contributed by atoms with Crippen LogP contribution in [0.4, 0.5) is 0 Å². The van der Waals surface area contributed by atoms with Crippen LogP contribution in [0.3, 0.4) is 0 Å². The Morgan fingerprint density at radius 2 is 1.96 bits per heavy atom. The summed E-state index contributed by atoms with van der Waals surface area (Å²) in [6.45, 7) is 2.39. The Morgan fingerprint density at radius 3 is 2.61 bits per heavy atom. The third-order valence-electron chi connectivity index (χ3n) is 3.85. The van der Waals surface area contributed by atoms with E-state index in [9.17, 15) is 4.79 Å². The van der Waals surface area contributed by atoms with Gasteiger partial charge in [-0.25, -0.2) is 4.99 Å². The Bertz CT molecular complexity index is 730. The van der Waals surface area contributed by atoms with Gasteiger partial charge in [0.15, 0.2) is 5.96 Å². The first-order chi connectivity index (χ1) is 13.6. The topological polar surface area (TPSA) is 75.2 Å². The van der Waals surface area contributed by atoms with Crippen molar-refractivity contribution in [1.82, 2.24) is 15.5 Å². The minimum absolute atomic E-state index is 0.0482. The fraction of sp³-hybridized carbons (Fsp3) is 0.400. The molecule has 1 heterocycles. The van der Waals surface area contributed by atoms with Crippen molar-refractivity contribution in [3.63, 3.8) is 0 Å². The zero-order chi connectivity index (χ0) is 20.2. The molecular formula is C20H28N4O3S. The lowest BCUT2D eigenvalue weighted by molar-refractivity contribution is -0.127. The molecule has 1 aromatic carbocycles. The number of guanidine groups is 1. The number of likely N-dealkylation sites (N-methyl/N-ethyl adjacent to an activating group) is 1. The first kappa shape index (κ1) is 21.7. The Kier molecular flexibility index (Phi) is 9.30. The predicted molar refractivity (Wildman–Crippen MR) is 113 cm³/mol. The molecule has 28 heavy (non-hydrogen) atoms. The molecular weight excluding hydrogens is 376 g/mol. The molecule has 2 aromatic rings. The Morgan fingerprint density at radius 1 is 1.18 bits per heavy atom. The van der Waals surface area contributed by atoms with Crippen molar-refractivity contribution >= 4 is 23.2 Å². The molecule has 8 heteroatoms. The van der Waals surface area contributed by atoms with Crippen molar-refractivity contribution in [2.24, 2.45) is 4.99 Å². The molecule has 7 nitrogen and oxygen atoms in total. The summed E-state index contributed by atoms with van der Waals surface area (Å²) in [4.78, 5) is 18.9. The van der Waals surface area contributed by atoms with E-state index in [0.717, 1.165) is 11.3 Å². The predicted octanol–water partition coefficient (Wildman–Crippen LogP) is 2.10. The van der Waals surface area contributed by atoms with Crippen LogP contribution in [0.25, 0.3) is 0 Å². The quantitative estimate of drug-likeness (QED) is 0.360. The second-order valence-electron chi connectivity index (χ2n) is 6.21. The number of amides is 1. The number of benzene rings is 1. The molecule has 1 amide bonds. The number of carbonyl (C=O) groups is 1. The average molecular weight is 405 g/mol. The van der Waals surface area contributed by atoms with E-state index in [-0.39, 0.29) is 12.5 Å². The summed E-state index contributed by atoms with van der Waals surface area (Å²) in [6, 6.07) is 11.9. The number of thiophene rings is 1. The summed E-state index contributed by atoms with van der Waals surface area (Å²) >= 11 is 1.67. The summed E-state index contributed by atoms with van der Waals surface area (Å²) in [5.41, 5.74) is 1.09. The number of aliphatic imine (C=N–C) groups is 1. The van der Waals surface area contributed by atoms with Crippen LogP contribution in [-0.2, 0) is 22.7 Å². The van der Waals surface area contributed by atoms with Crippen molar-refractivity contribution < 1.29 is 14.3 Å². The summed E-state index contributed by atoms with van der Waals surface area (Å²) in [6.07, 6.45) is 0. The molecule has 0 saturated heterocycles. The number of methoxy groups -OCH3 is 1. The van der Waals surface area contributed by atoms with Crippen molar-refractivity contribution in [2.45, 2.75) is 13.2 Å². The SMILES string of the molecule is COc1ccc(COCCNC(=NCC(=O)N(C)C)NCc2cccs2)cc1. The number of ether oxygens (including phenoxy) is 2. The van der Waals surface area contributed by atoms with Crippen molar-refractivity contribution in [2.75, 3.05) is 40.9 Å². The lowest BCUT2D eigenvalue weighted by Crippen LogP contribution is -2.39. The molecule has 0 fully saturated rings. The monoisotopic (exact) mass is 404 g/mol. The molecule has 0 atom stereocenters. The maximum atomic E-state index is 11.8. The average Bonchev–Trinajstić information content (AvgIpc) is 3.23. The van der Waals surface area contributed by atoms with Crippen LogP contribution >= 0.6 is 11.3 Å². The van der Waals surface area contributed by atoms with E-state index >= 15 is 0 Å². The summed E-state index contributed by atoms with van der Waals surface area (Å²) < 4.78 is 10.8. The summed E-state index contributed by atoms with van der Waals surface area (Å²) in [7, 11) is 5.09. The van der Waals surface area contributed by atoms with E-state index in [1.807, 2.05) is 35.7 Å². The molecule has 1 aromatic heterocycles. The highest BCUT2D eigenvalue weighted by atomic mass is 32.1. The summed E-state index contributed by atoms with van der Waals surface area (Å²) in [5, 5.41) is 8.49. The Balaban J connectivity index is 1.76. The van der Waals surface area contributed by atoms with Crippen LogP contribution in [0.2, 0.25) is 0 Å². The van der Waals surface area contributed by atoms with Gasteiger partial charge in [-0.05, 0) is 29.1 Å². The van der Waals surface area contributed by atoms with Gasteiger partial charge in [-0.2, -0.15) is 0 Å². The van der Waals surface area contributed by atoms with Gasteiger partial charge in [-0.15, -0.1) is 11.3 Å². The van der Waals surface area contributed by atoms with Crippen LogP contribution in [0.1, 0.15) is 10.4 Å². The molecule has 0 aliphatic heterocycles. The van der Waals surface area contributed by atoms with Crippen molar-refractivity contribution in [3.05, 3.63) is 52.2 Å². The first-order valence-corrected chi connectivity index (χ1v) is 9.92. The first-order valence-electron chi connectivity index (χ1n) is 9.04. The molecule has 0 saturated carbocycles. The number of hydrogen-bond acceptors (Lipinski definition) is 5. The number of rotatable bonds is 10. The van der Waals surface area contributed by atoms with Gasteiger partial charge in [0.25, 0.3) is 0 Å². The molecule has 2 rings (SSSR count). The third kappa shape index (κ3) is 7.98. The molecule has 152 valence electrons. The molecule has 0 bridgehead atoms. The second kappa shape index (κ2) is 12.0. The second-order valence-corrected chi connectivity index (χ2v) is 7.25. The molecule has 0 aliphatic carbocycles. The summed E-state index contributed by atoms with van der Waals surface area (Å²) in [5.74, 6) is 1.37. The number of hydrogen-bond donors (Lipinski definition) is 2. The van der Waals surface area contributed by atoms with Crippen molar-refractivity contribution in [3.8, 4) is 5.75 Å². The van der Waals surface area contributed by atoms with Gasteiger partial charge in [-0.1, -0.05) is 18.2 Å². The maximum Gasteiger partial charge on any atom is 0.243 e. The molecule has 2 N–H and O–H groups in total. The number of nitrogens with zero attached hydrogens (tertiary/aromatic N) is 2. The third-order valence-corrected chi connectivity index (χ3v) is 4.72. The standard InChI is InChI=1S/C20H28N4O3S/c1-24(2)19(25)14-23-20(22-13-18-5-4-12-28-18)21-10-11-27-15-16-6-8-17(26-3)9-7-16/h4-9,12H,10-11,13-15H2,1-3H3,(H2,21,22,23). The van der Waals surface area contributed by atoms with Crippen LogP contribution in [0, 0.1) is 0 Å². The van der Waals surface area contributed by atoms with Gasteiger partial charge >= 0.3 is 0 Å². The van der Waals surface area contributed by atoms with Gasteiger partial charge in [0, 0.05) is 25.5 Å². The molecule has 0 unspecified atom stereocenters. The number of nitrogens with one attached hydrogen (secondary N) is 2. The van der Waals surface area contributed by atoms with Gasteiger partial charge in [0.05, 0.1) is 26.9 Å². The molecule has 0 aliphatic rings. The van der Waals surface area contributed by atoms with Crippen LogP contribution in [0.5, 0.6) is 5.75 Å². The van der Waals surface area contributed by atoms with Crippen LogP contribution in [-0.4, -0.2) is 57.7 Å². The van der Waals surface area contributed by atoms with Gasteiger partial charge in [-0.3, -0.25) is 4.79 Å². The smallest absolute Gasteiger partial charge is 0.243 e. The highest BCUT2D eigenvalue weighted by Crippen LogP contribution is 2.11. The minimum Gasteiger partial charge on any atom is -0.497 e. The highest BCUT2D eigenvalue weighted by Gasteiger charge is 2.05. The normalized spacial score (nSPS) is 11.2. The van der Waals surface area contributed by atoms with E-state index < -0.39 is 0 Å². The van der Waals surface area contributed by atoms with Crippen LogP contribution in [0.15, 0.2) is 46.8 Å². The molecule has 0 radical (unpaired) electrons. The lowest BCUT2D eigenvalue weighted by Gasteiger charge is -2.13. The van der Waals surface area contributed by atoms with E-state index in [0.29, 0.717) is 32.3 Å². The van der Waals surface area contributed by atoms with E-state index in [1.165, 1.54) is 9.78 Å². The lowest BCUT2D eigenvalue weighted by atomic mass is 10.2. The molecule has 0 spiro atoms. The van der Waals surface area contributed by atoms with E-state index in [4.69, 9.17) is 9.47 Å². The van der Waals surface area contributed by atoms with Crippen LogP contribution < -0.4 is 15.4 Å².